The minimum absolute atomic E-state index is 0.00829. The number of aryl methyl sites for hydroxylation is 1. The monoisotopic (exact) mass is 262 g/mol. The van der Waals surface area contributed by atoms with Gasteiger partial charge in [0.15, 0.2) is 0 Å². The van der Waals surface area contributed by atoms with Gasteiger partial charge in [-0.3, -0.25) is 0 Å². The number of esters is 1. The Morgan fingerprint density at radius 1 is 1.47 bits per heavy atom. The normalized spacial score (nSPS) is 21.3. The van der Waals surface area contributed by atoms with Crippen LogP contribution in [0, 0.1) is 11.7 Å². The van der Waals surface area contributed by atoms with E-state index in [0.29, 0.717) is 17.6 Å². The van der Waals surface area contributed by atoms with E-state index in [1.165, 1.54) is 6.07 Å². The highest BCUT2D eigenvalue weighted by molar-refractivity contribution is 5.87. The molecule has 2 nitrogen and oxygen atoms in total. The lowest BCUT2D eigenvalue weighted by Crippen LogP contribution is -2.36. The van der Waals surface area contributed by atoms with Crippen LogP contribution < -0.4 is 0 Å². The molecule has 0 bridgehead atoms. The highest BCUT2D eigenvalue weighted by Crippen LogP contribution is 2.46. The molecule has 0 aromatic heterocycles. The van der Waals surface area contributed by atoms with Gasteiger partial charge in [0.05, 0.1) is 0 Å². The lowest BCUT2D eigenvalue weighted by atomic mass is 9.84. The third kappa shape index (κ3) is 2.18. The molecule has 0 radical (unpaired) electrons. The summed E-state index contributed by atoms with van der Waals surface area (Å²) >= 11 is 0. The lowest BCUT2D eigenvalue weighted by molar-refractivity contribution is -0.162. The number of fused-ring (bicyclic) bond motifs is 1. The van der Waals surface area contributed by atoms with Crippen molar-refractivity contribution in [1.29, 1.82) is 0 Å². The van der Waals surface area contributed by atoms with Crippen LogP contribution in [-0.2, 0) is 21.6 Å². The minimum atomic E-state index is -0.864. The first-order valence-electron chi connectivity index (χ1n) is 6.55. The van der Waals surface area contributed by atoms with Gasteiger partial charge < -0.3 is 4.74 Å². The molecule has 19 heavy (non-hydrogen) atoms. The summed E-state index contributed by atoms with van der Waals surface area (Å²) in [6.45, 7) is 9.11. The van der Waals surface area contributed by atoms with Crippen molar-refractivity contribution in [2.24, 2.45) is 5.92 Å². The van der Waals surface area contributed by atoms with Crippen molar-refractivity contribution < 1.29 is 13.9 Å². The van der Waals surface area contributed by atoms with Crippen molar-refractivity contribution >= 4 is 5.97 Å². The van der Waals surface area contributed by atoms with Gasteiger partial charge in [-0.25, -0.2) is 9.18 Å². The third-order valence-corrected chi connectivity index (χ3v) is 3.84. The van der Waals surface area contributed by atoms with Crippen LogP contribution >= 0.6 is 0 Å². The standard InChI is InChI=1S/C16H19FO2/c1-10(2)15(18)19-16(11(3)4)9-8-12-6-5-7-13(17)14(12)16/h5-7,11H,1,8-9H2,2-4H3. The Hall–Kier alpha value is -1.64. The number of ether oxygens (including phenoxy) is 1. The summed E-state index contributed by atoms with van der Waals surface area (Å²) in [7, 11) is 0. The number of carbonyl (C=O) groups is 1. The minimum Gasteiger partial charge on any atom is -0.450 e. The van der Waals surface area contributed by atoms with Crippen molar-refractivity contribution in [3.63, 3.8) is 0 Å². The summed E-state index contributed by atoms with van der Waals surface area (Å²) in [5.41, 5.74) is 0.948. The fourth-order valence-electron chi connectivity index (χ4n) is 2.75. The molecule has 0 spiro atoms. The van der Waals surface area contributed by atoms with Crippen LogP contribution in [0.25, 0.3) is 0 Å². The summed E-state index contributed by atoms with van der Waals surface area (Å²) in [4.78, 5) is 11.9. The van der Waals surface area contributed by atoms with Crippen molar-refractivity contribution in [2.45, 2.75) is 39.2 Å². The van der Waals surface area contributed by atoms with Gasteiger partial charge in [-0.2, -0.15) is 0 Å². The number of hydrogen-bond acceptors (Lipinski definition) is 2. The van der Waals surface area contributed by atoms with Crippen molar-refractivity contribution in [2.75, 3.05) is 0 Å². The highest BCUT2D eigenvalue weighted by Gasteiger charge is 2.46. The fourth-order valence-corrected chi connectivity index (χ4v) is 2.75. The number of carbonyl (C=O) groups excluding carboxylic acids is 1. The molecule has 0 aliphatic heterocycles. The molecule has 0 heterocycles. The Kier molecular flexibility index (Phi) is 3.48. The van der Waals surface area contributed by atoms with Crippen LogP contribution in [0.4, 0.5) is 4.39 Å². The molecule has 0 saturated carbocycles. The summed E-state index contributed by atoms with van der Waals surface area (Å²) < 4.78 is 19.8. The largest absolute Gasteiger partial charge is 0.450 e. The average molecular weight is 262 g/mol. The molecule has 0 saturated heterocycles. The summed E-state index contributed by atoms with van der Waals surface area (Å²) in [5, 5.41) is 0. The Bertz CT molecular complexity index is 534. The molecule has 0 amide bonds. The summed E-state index contributed by atoms with van der Waals surface area (Å²) in [6, 6.07) is 5.03. The van der Waals surface area contributed by atoms with Crippen molar-refractivity contribution in [1.82, 2.24) is 0 Å². The van der Waals surface area contributed by atoms with Crippen LogP contribution in [0.2, 0.25) is 0 Å². The van der Waals surface area contributed by atoms with Gasteiger partial charge in [-0.1, -0.05) is 32.6 Å². The van der Waals surface area contributed by atoms with Gasteiger partial charge in [0, 0.05) is 11.1 Å². The summed E-state index contributed by atoms with van der Waals surface area (Å²) in [5.74, 6) is -0.739. The number of benzene rings is 1. The Morgan fingerprint density at radius 2 is 2.16 bits per heavy atom. The molecule has 0 fully saturated rings. The van der Waals surface area contributed by atoms with Crippen LogP contribution in [0.1, 0.15) is 38.3 Å². The van der Waals surface area contributed by atoms with Gasteiger partial charge >= 0.3 is 5.97 Å². The van der Waals surface area contributed by atoms with E-state index in [1.807, 2.05) is 19.9 Å². The second-order valence-electron chi connectivity index (χ2n) is 5.49. The average Bonchev–Trinajstić information content (AvgIpc) is 2.70. The smallest absolute Gasteiger partial charge is 0.334 e. The Morgan fingerprint density at radius 3 is 2.74 bits per heavy atom. The first-order chi connectivity index (χ1) is 8.88. The Balaban J connectivity index is 2.51. The van der Waals surface area contributed by atoms with Crippen molar-refractivity contribution in [3.8, 4) is 0 Å². The number of halogens is 1. The maximum atomic E-state index is 14.2. The zero-order valence-electron chi connectivity index (χ0n) is 11.6. The predicted octanol–water partition coefficient (Wildman–Crippen LogP) is 3.74. The second kappa shape index (κ2) is 4.80. The van der Waals surface area contributed by atoms with E-state index in [0.717, 1.165) is 12.0 Å². The van der Waals surface area contributed by atoms with Gasteiger partial charge in [-0.05, 0) is 37.3 Å². The van der Waals surface area contributed by atoms with Gasteiger partial charge in [0.2, 0.25) is 0 Å². The molecule has 1 aliphatic carbocycles. The van der Waals surface area contributed by atoms with E-state index in [1.54, 1.807) is 13.0 Å². The number of rotatable bonds is 3. The molecule has 1 atom stereocenters. The van der Waals surface area contributed by atoms with Crippen LogP contribution in [0.5, 0.6) is 0 Å². The van der Waals surface area contributed by atoms with Gasteiger partial charge in [-0.15, -0.1) is 0 Å². The quantitative estimate of drug-likeness (QED) is 0.612. The maximum Gasteiger partial charge on any atom is 0.334 e. The molecule has 1 aromatic carbocycles. The maximum absolute atomic E-state index is 14.2. The van der Waals surface area contributed by atoms with E-state index < -0.39 is 11.6 Å². The molecular formula is C16H19FO2. The highest BCUT2D eigenvalue weighted by atomic mass is 19.1. The van der Waals surface area contributed by atoms with Crippen LogP contribution in [0.3, 0.4) is 0 Å². The molecule has 1 unspecified atom stereocenters. The molecule has 1 aliphatic rings. The van der Waals surface area contributed by atoms with E-state index in [-0.39, 0.29) is 11.7 Å². The third-order valence-electron chi connectivity index (χ3n) is 3.84. The first kappa shape index (κ1) is 13.8. The van der Waals surface area contributed by atoms with E-state index >= 15 is 0 Å². The van der Waals surface area contributed by atoms with E-state index in [2.05, 4.69) is 6.58 Å². The molecule has 0 N–H and O–H groups in total. The Labute approximate surface area is 113 Å². The van der Waals surface area contributed by atoms with Gasteiger partial charge in [0.25, 0.3) is 0 Å². The topological polar surface area (TPSA) is 26.3 Å². The molecule has 3 heteroatoms. The van der Waals surface area contributed by atoms with Crippen LogP contribution in [-0.4, -0.2) is 5.97 Å². The molecule has 2 rings (SSSR count). The van der Waals surface area contributed by atoms with E-state index in [4.69, 9.17) is 4.74 Å². The van der Waals surface area contributed by atoms with Gasteiger partial charge in [0.1, 0.15) is 11.4 Å². The van der Waals surface area contributed by atoms with Crippen molar-refractivity contribution in [3.05, 3.63) is 47.3 Å². The second-order valence-corrected chi connectivity index (χ2v) is 5.49. The number of hydrogen-bond donors (Lipinski definition) is 0. The fraction of sp³-hybridized carbons (Fsp3) is 0.438. The zero-order chi connectivity index (χ0) is 14.2. The lowest BCUT2D eigenvalue weighted by Gasteiger charge is -2.34. The molecular weight excluding hydrogens is 243 g/mol. The van der Waals surface area contributed by atoms with E-state index in [9.17, 15) is 9.18 Å². The first-order valence-corrected chi connectivity index (χ1v) is 6.55. The predicted molar refractivity (Wildman–Crippen MR) is 72.1 cm³/mol. The molecule has 102 valence electrons. The van der Waals surface area contributed by atoms with Crippen LogP contribution in [0.15, 0.2) is 30.4 Å². The SMILES string of the molecule is C=C(C)C(=O)OC1(C(C)C)CCc2cccc(F)c21. The summed E-state index contributed by atoms with van der Waals surface area (Å²) in [6.07, 6.45) is 1.36. The zero-order valence-corrected chi connectivity index (χ0v) is 11.6. The molecule has 1 aromatic rings.